The lowest BCUT2D eigenvalue weighted by atomic mass is 10.1. The van der Waals surface area contributed by atoms with Crippen LogP contribution in [0.25, 0.3) is 0 Å². The molecule has 1 atom stereocenters. The molecular weight excluding hydrogens is 382 g/mol. The number of esters is 1. The second kappa shape index (κ2) is 9.32. The topological polar surface area (TPSA) is 103 Å². The summed E-state index contributed by atoms with van der Waals surface area (Å²) in [6, 6.07) is 9.62. The predicted octanol–water partition coefficient (Wildman–Crippen LogP) is 3.29. The zero-order chi connectivity index (χ0) is 20.8. The van der Waals surface area contributed by atoms with Crippen LogP contribution >= 0.6 is 11.6 Å². The number of hydrogen-bond donors (Lipinski definition) is 1. The van der Waals surface area contributed by atoms with E-state index in [1.165, 1.54) is 17.9 Å². The fourth-order valence-corrected chi connectivity index (χ4v) is 2.73. The van der Waals surface area contributed by atoms with Gasteiger partial charge in [0.05, 0.1) is 11.1 Å². The van der Waals surface area contributed by atoms with Crippen molar-refractivity contribution in [3.63, 3.8) is 0 Å². The van der Waals surface area contributed by atoms with Gasteiger partial charge in [0.25, 0.3) is 11.8 Å². The summed E-state index contributed by atoms with van der Waals surface area (Å²) in [5.74, 6) is -1.81. The molecule has 0 fully saturated rings. The molecule has 28 heavy (non-hydrogen) atoms. The van der Waals surface area contributed by atoms with Crippen molar-refractivity contribution in [2.45, 2.75) is 32.8 Å². The lowest BCUT2D eigenvalue weighted by molar-refractivity contribution is 0.0472. The third-order valence-corrected chi connectivity index (χ3v) is 3.94. The molecule has 2 N–H and O–H groups in total. The molecule has 2 amide bonds. The highest BCUT2D eigenvalue weighted by molar-refractivity contribution is 6.20. The second-order valence-corrected chi connectivity index (χ2v) is 6.78. The smallest absolute Gasteiger partial charge is 0.339 e. The number of benzene rings is 1. The third kappa shape index (κ3) is 5.07. The van der Waals surface area contributed by atoms with Crippen LogP contribution in [-0.4, -0.2) is 34.9 Å². The molecule has 2 aromatic rings. The molecule has 8 heteroatoms. The van der Waals surface area contributed by atoms with Crippen LogP contribution in [0.2, 0.25) is 0 Å². The molecular formula is C20H22ClN3O4. The summed E-state index contributed by atoms with van der Waals surface area (Å²) in [7, 11) is 0. The second-order valence-electron chi connectivity index (χ2n) is 6.17. The van der Waals surface area contributed by atoms with Gasteiger partial charge in [-0.15, -0.1) is 0 Å². The zero-order valence-corrected chi connectivity index (χ0v) is 16.7. The van der Waals surface area contributed by atoms with Crippen LogP contribution in [0.5, 0.6) is 0 Å². The van der Waals surface area contributed by atoms with Crippen LogP contribution in [-0.2, 0) is 4.74 Å². The van der Waals surface area contributed by atoms with Crippen molar-refractivity contribution in [1.29, 1.82) is 0 Å². The molecule has 0 radical (unpaired) electrons. The Bertz CT molecular complexity index is 899. The number of carbonyl (C=O) groups excluding carboxylic acids is 3. The molecule has 0 aliphatic carbocycles. The summed E-state index contributed by atoms with van der Waals surface area (Å²) in [5.41, 5.74) is 5.96. The van der Waals surface area contributed by atoms with E-state index in [2.05, 4.69) is 4.98 Å². The Labute approximate surface area is 168 Å². The number of aromatic nitrogens is 1. The van der Waals surface area contributed by atoms with Crippen LogP contribution in [0.3, 0.4) is 0 Å². The van der Waals surface area contributed by atoms with Crippen molar-refractivity contribution in [2.24, 2.45) is 5.73 Å². The predicted molar refractivity (Wildman–Crippen MR) is 107 cm³/mol. The maximum Gasteiger partial charge on any atom is 0.339 e. The van der Waals surface area contributed by atoms with Gasteiger partial charge in [0.15, 0.2) is 5.56 Å². The number of halogens is 1. The molecule has 148 valence electrons. The van der Waals surface area contributed by atoms with Gasteiger partial charge in [-0.1, -0.05) is 24.6 Å². The minimum atomic E-state index is -0.781. The fourth-order valence-electron chi connectivity index (χ4n) is 2.65. The lowest BCUT2D eigenvalue weighted by Gasteiger charge is -2.23. The number of pyridine rings is 1. The standard InChI is InChI=1S/C20H22ClN3O4/c1-4-10-24(15-7-5-6-14(11-15)20(27)28-13(3)21)19(26)16-9-8-12(2)23-17(16)18(22)25/h5-9,11,13H,4,10H2,1-3H3,(H2,22,25). The number of primary amides is 1. The Morgan fingerprint density at radius 2 is 1.96 bits per heavy atom. The van der Waals surface area contributed by atoms with Gasteiger partial charge >= 0.3 is 5.97 Å². The number of ether oxygens (including phenoxy) is 1. The SMILES string of the molecule is CCCN(C(=O)c1ccc(C)nc1C(N)=O)c1cccc(C(=O)OC(C)Cl)c1. The Morgan fingerprint density at radius 3 is 2.57 bits per heavy atom. The average Bonchev–Trinajstić information content (AvgIpc) is 2.65. The minimum absolute atomic E-state index is 0.0855. The van der Waals surface area contributed by atoms with E-state index >= 15 is 0 Å². The molecule has 1 aromatic carbocycles. The van der Waals surface area contributed by atoms with E-state index in [0.29, 0.717) is 24.3 Å². The Morgan fingerprint density at radius 1 is 1.25 bits per heavy atom. The van der Waals surface area contributed by atoms with E-state index in [-0.39, 0.29) is 16.8 Å². The van der Waals surface area contributed by atoms with Crippen LogP contribution in [0.4, 0.5) is 5.69 Å². The van der Waals surface area contributed by atoms with E-state index < -0.39 is 23.3 Å². The number of hydrogen-bond acceptors (Lipinski definition) is 5. The molecule has 0 saturated carbocycles. The number of nitrogens with two attached hydrogens (primary N) is 1. The third-order valence-electron chi connectivity index (χ3n) is 3.85. The molecule has 2 rings (SSSR count). The van der Waals surface area contributed by atoms with E-state index in [9.17, 15) is 14.4 Å². The minimum Gasteiger partial charge on any atom is -0.443 e. The van der Waals surface area contributed by atoms with Crippen molar-refractivity contribution in [2.75, 3.05) is 11.4 Å². The molecule has 1 aromatic heterocycles. The number of anilines is 1. The van der Waals surface area contributed by atoms with Crippen LogP contribution in [0, 0.1) is 6.92 Å². The van der Waals surface area contributed by atoms with Gasteiger partial charge in [-0.05, 0) is 50.6 Å². The number of aryl methyl sites for hydroxylation is 1. The van der Waals surface area contributed by atoms with Gasteiger partial charge in [-0.3, -0.25) is 9.59 Å². The monoisotopic (exact) mass is 403 g/mol. The maximum absolute atomic E-state index is 13.2. The van der Waals surface area contributed by atoms with Gasteiger partial charge in [0.1, 0.15) is 5.69 Å². The molecule has 0 spiro atoms. The number of alkyl halides is 1. The number of nitrogens with zero attached hydrogens (tertiary/aromatic N) is 2. The van der Waals surface area contributed by atoms with E-state index in [1.54, 1.807) is 37.3 Å². The maximum atomic E-state index is 13.2. The summed E-state index contributed by atoms with van der Waals surface area (Å²) in [6.45, 7) is 5.52. The van der Waals surface area contributed by atoms with Gasteiger partial charge < -0.3 is 15.4 Å². The van der Waals surface area contributed by atoms with E-state index in [4.69, 9.17) is 22.1 Å². The van der Waals surface area contributed by atoms with Crippen molar-refractivity contribution in [1.82, 2.24) is 4.98 Å². The quantitative estimate of drug-likeness (QED) is 0.564. The lowest BCUT2D eigenvalue weighted by Crippen LogP contribution is -2.34. The Hall–Kier alpha value is -2.93. The van der Waals surface area contributed by atoms with Gasteiger partial charge in [-0.2, -0.15) is 0 Å². The molecule has 0 saturated heterocycles. The number of carbonyl (C=O) groups is 3. The number of rotatable bonds is 7. The van der Waals surface area contributed by atoms with Gasteiger partial charge in [0, 0.05) is 17.9 Å². The summed E-state index contributed by atoms with van der Waals surface area (Å²) in [6.07, 6.45) is 0.657. The highest BCUT2D eigenvalue weighted by Gasteiger charge is 2.24. The molecule has 0 aliphatic rings. The first-order valence-electron chi connectivity index (χ1n) is 8.79. The van der Waals surface area contributed by atoms with Gasteiger partial charge in [0.2, 0.25) is 0 Å². The molecule has 0 bridgehead atoms. The summed E-state index contributed by atoms with van der Waals surface area (Å²) < 4.78 is 4.99. The van der Waals surface area contributed by atoms with E-state index in [1.807, 2.05) is 6.92 Å². The Balaban J connectivity index is 2.45. The van der Waals surface area contributed by atoms with Crippen LogP contribution in [0.1, 0.15) is 57.2 Å². The summed E-state index contributed by atoms with van der Waals surface area (Å²) in [5, 5.41) is 0. The van der Waals surface area contributed by atoms with Crippen molar-refractivity contribution < 1.29 is 19.1 Å². The van der Waals surface area contributed by atoms with Crippen LogP contribution < -0.4 is 10.6 Å². The van der Waals surface area contributed by atoms with Crippen molar-refractivity contribution in [3.05, 3.63) is 58.9 Å². The van der Waals surface area contributed by atoms with Gasteiger partial charge in [-0.25, -0.2) is 9.78 Å². The van der Waals surface area contributed by atoms with Crippen molar-refractivity contribution >= 4 is 35.1 Å². The number of amides is 2. The molecule has 1 unspecified atom stereocenters. The first-order valence-corrected chi connectivity index (χ1v) is 9.22. The Kier molecular flexibility index (Phi) is 7.12. The fraction of sp³-hybridized carbons (Fsp3) is 0.300. The highest BCUT2D eigenvalue weighted by atomic mass is 35.5. The first kappa shape index (κ1) is 21.4. The van der Waals surface area contributed by atoms with Crippen LogP contribution in [0.15, 0.2) is 36.4 Å². The average molecular weight is 404 g/mol. The largest absolute Gasteiger partial charge is 0.443 e. The zero-order valence-electron chi connectivity index (χ0n) is 15.9. The normalized spacial score (nSPS) is 11.6. The van der Waals surface area contributed by atoms with Crippen molar-refractivity contribution in [3.8, 4) is 0 Å². The highest BCUT2D eigenvalue weighted by Crippen LogP contribution is 2.22. The molecule has 0 aliphatic heterocycles. The first-order chi connectivity index (χ1) is 13.2. The molecule has 1 heterocycles. The summed E-state index contributed by atoms with van der Waals surface area (Å²) >= 11 is 5.71. The summed E-state index contributed by atoms with van der Waals surface area (Å²) in [4.78, 5) is 42.6. The van der Waals surface area contributed by atoms with E-state index in [0.717, 1.165) is 0 Å². The molecule has 7 nitrogen and oxygen atoms in total.